The second-order valence-corrected chi connectivity index (χ2v) is 10.9. The van der Waals surface area contributed by atoms with Crippen LogP contribution in [0.2, 0.25) is 0 Å². The number of nitrogens with one attached hydrogen (secondary N) is 1. The van der Waals surface area contributed by atoms with Crippen LogP contribution in [0.1, 0.15) is 43.0 Å². The maximum atomic E-state index is 14.0. The van der Waals surface area contributed by atoms with Gasteiger partial charge in [-0.2, -0.15) is 0 Å². The summed E-state index contributed by atoms with van der Waals surface area (Å²) in [7, 11) is 1.57. The SMILES string of the molecule is COc1cc(OC(=O)OCc2ccccc2)ccc1-c1ccc2c(c1COc1cc(F)ccc1C)C(C)=CC(C)(C)N2. The highest BCUT2D eigenvalue weighted by molar-refractivity contribution is 5.88. The molecule has 0 aromatic heterocycles. The van der Waals surface area contributed by atoms with Crippen molar-refractivity contribution in [2.75, 3.05) is 12.4 Å². The number of fused-ring (bicyclic) bond motifs is 1. The first-order valence-corrected chi connectivity index (χ1v) is 13.7. The van der Waals surface area contributed by atoms with Crippen molar-refractivity contribution < 1.29 is 28.1 Å². The summed E-state index contributed by atoms with van der Waals surface area (Å²) < 4.78 is 36.7. The number of halogens is 1. The van der Waals surface area contributed by atoms with Crippen LogP contribution in [0.5, 0.6) is 17.2 Å². The Morgan fingerprint density at radius 3 is 2.40 bits per heavy atom. The molecule has 0 aliphatic carbocycles. The van der Waals surface area contributed by atoms with Crippen molar-refractivity contribution in [2.24, 2.45) is 0 Å². The quantitative estimate of drug-likeness (QED) is 0.170. The molecule has 7 heteroatoms. The Kier molecular flexibility index (Phi) is 8.20. The zero-order valence-corrected chi connectivity index (χ0v) is 24.4. The van der Waals surface area contributed by atoms with Crippen molar-refractivity contribution in [1.82, 2.24) is 0 Å². The first-order chi connectivity index (χ1) is 20.1. The summed E-state index contributed by atoms with van der Waals surface area (Å²) in [6.45, 7) is 8.51. The van der Waals surface area contributed by atoms with E-state index in [9.17, 15) is 9.18 Å². The number of carbonyl (C=O) groups excluding carboxylic acids is 1. The molecular formula is C35H34FNO5. The van der Waals surface area contributed by atoms with Gasteiger partial charge in [-0.15, -0.1) is 0 Å². The summed E-state index contributed by atoms with van der Waals surface area (Å²) in [4.78, 5) is 12.4. The minimum absolute atomic E-state index is 0.107. The zero-order chi connectivity index (χ0) is 29.9. The molecule has 216 valence electrons. The molecule has 0 saturated heterocycles. The van der Waals surface area contributed by atoms with Crippen LogP contribution in [0.4, 0.5) is 14.9 Å². The highest BCUT2D eigenvalue weighted by atomic mass is 19.1. The van der Waals surface area contributed by atoms with Gasteiger partial charge in [0.05, 0.1) is 12.6 Å². The standard InChI is InChI=1S/C35H34FNO5/c1-22-11-12-25(36)17-31(22)40-21-29-27(15-16-30-33(29)23(2)19-35(3,4)37-30)28-14-13-26(18-32(28)39-5)42-34(38)41-20-24-9-7-6-8-10-24/h6-19,37H,20-21H2,1-5H3. The van der Waals surface area contributed by atoms with Gasteiger partial charge in [-0.3, -0.25) is 0 Å². The molecule has 1 aliphatic heterocycles. The molecular weight excluding hydrogens is 533 g/mol. The molecule has 0 atom stereocenters. The van der Waals surface area contributed by atoms with E-state index in [0.717, 1.165) is 44.6 Å². The topological polar surface area (TPSA) is 66.0 Å². The van der Waals surface area contributed by atoms with E-state index in [1.54, 1.807) is 25.3 Å². The Balaban J connectivity index is 1.48. The maximum absolute atomic E-state index is 14.0. The van der Waals surface area contributed by atoms with Gasteiger partial charge < -0.3 is 24.3 Å². The predicted molar refractivity (Wildman–Crippen MR) is 163 cm³/mol. The van der Waals surface area contributed by atoms with E-state index < -0.39 is 6.16 Å². The summed E-state index contributed by atoms with van der Waals surface area (Å²) in [5, 5.41) is 3.59. The van der Waals surface area contributed by atoms with Crippen molar-refractivity contribution in [2.45, 2.75) is 46.4 Å². The fraction of sp³-hybridized carbons (Fsp3) is 0.229. The number of rotatable bonds is 8. The van der Waals surface area contributed by atoms with E-state index in [1.807, 2.05) is 55.5 Å². The van der Waals surface area contributed by atoms with Gasteiger partial charge in [0.15, 0.2) is 0 Å². The predicted octanol–water partition coefficient (Wildman–Crippen LogP) is 8.71. The number of carbonyl (C=O) groups is 1. The van der Waals surface area contributed by atoms with Gasteiger partial charge in [0.1, 0.15) is 36.3 Å². The monoisotopic (exact) mass is 567 g/mol. The Morgan fingerprint density at radius 2 is 1.64 bits per heavy atom. The Hall–Kier alpha value is -4.78. The van der Waals surface area contributed by atoms with Gasteiger partial charge in [-0.1, -0.05) is 48.5 Å². The molecule has 1 aliphatic rings. The second-order valence-electron chi connectivity index (χ2n) is 10.9. The molecule has 0 amide bonds. The maximum Gasteiger partial charge on any atom is 0.514 e. The van der Waals surface area contributed by atoms with Gasteiger partial charge >= 0.3 is 6.16 Å². The van der Waals surface area contributed by atoms with Gasteiger partial charge in [0.25, 0.3) is 0 Å². The number of allylic oxidation sites excluding steroid dienone is 1. The third kappa shape index (κ3) is 6.41. The largest absolute Gasteiger partial charge is 0.514 e. The molecule has 0 bridgehead atoms. The molecule has 0 saturated carbocycles. The zero-order valence-electron chi connectivity index (χ0n) is 24.4. The van der Waals surface area contributed by atoms with Gasteiger partial charge in [0.2, 0.25) is 0 Å². The lowest BCUT2D eigenvalue weighted by Gasteiger charge is -2.33. The van der Waals surface area contributed by atoms with E-state index in [-0.39, 0.29) is 24.6 Å². The lowest BCUT2D eigenvalue weighted by atomic mass is 9.85. The van der Waals surface area contributed by atoms with Crippen LogP contribution in [0.3, 0.4) is 0 Å². The molecule has 0 spiro atoms. The highest BCUT2D eigenvalue weighted by Crippen LogP contribution is 2.43. The number of ether oxygens (including phenoxy) is 4. The minimum Gasteiger partial charge on any atom is -0.496 e. The lowest BCUT2D eigenvalue weighted by Crippen LogP contribution is -2.32. The molecule has 1 heterocycles. The van der Waals surface area contributed by atoms with Gasteiger partial charge in [-0.05, 0) is 74.2 Å². The number of methoxy groups -OCH3 is 1. The molecule has 1 N–H and O–H groups in total. The van der Waals surface area contributed by atoms with Crippen LogP contribution in [-0.2, 0) is 18.0 Å². The van der Waals surface area contributed by atoms with E-state index in [4.69, 9.17) is 18.9 Å². The Morgan fingerprint density at radius 1 is 0.881 bits per heavy atom. The van der Waals surface area contributed by atoms with E-state index in [2.05, 4.69) is 32.2 Å². The Labute approximate surface area is 245 Å². The van der Waals surface area contributed by atoms with Crippen LogP contribution >= 0.6 is 0 Å². The van der Waals surface area contributed by atoms with E-state index in [0.29, 0.717) is 17.2 Å². The fourth-order valence-electron chi connectivity index (χ4n) is 5.28. The smallest absolute Gasteiger partial charge is 0.496 e. The molecule has 42 heavy (non-hydrogen) atoms. The first kappa shape index (κ1) is 28.7. The molecule has 0 radical (unpaired) electrons. The van der Waals surface area contributed by atoms with Gasteiger partial charge in [0, 0.05) is 34.5 Å². The summed E-state index contributed by atoms with van der Waals surface area (Å²) in [5.41, 5.74) is 7.18. The normalized spacial score (nSPS) is 13.3. The molecule has 5 rings (SSSR count). The fourth-order valence-corrected chi connectivity index (χ4v) is 5.28. The molecule has 4 aromatic carbocycles. The lowest BCUT2D eigenvalue weighted by molar-refractivity contribution is 0.0927. The van der Waals surface area contributed by atoms with E-state index >= 15 is 0 Å². The average Bonchev–Trinajstić information content (AvgIpc) is 2.96. The van der Waals surface area contributed by atoms with Crippen molar-refractivity contribution in [3.05, 3.63) is 113 Å². The summed E-state index contributed by atoms with van der Waals surface area (Å²) in [6.07, 6.45) is 1.38. The summed E-state index contributed by atoms with van der Waals surface area (Å²) in [6, 6.07) is 23.2. The third-order valence-electron chi connectivity index (χ3n) is 7.13. The molecule has 6 nitrogen and oxygen atoms in total. The minimum atomic E-state index is -0.809. The second kappa shape index (κ2) is 12.0. The number of benzene rings is 4. The van der Waals surface area contributed by atoms with Crippen LogP contribution in [0.25, 0.3) is 16.7 Å². The summed E-state index contributed by atoms with van der Waals surface area (Å²) in [5.74, 6) is 0.926. The van der Waals surface area contributed by atoms with Crippen LogP contribution in [0.15, 0.2) is 84.9 Å². The number of hydrogen-bond acceptors (Lipinski definition) is 6. The highest BCUT2D eigenvalue weighted by Gasteiger charge is 2.27. The average molecular weight is 568 g/mol. The van der Waals surface area contributed by atoms with Crippen LogP contribution < -0.4 is 19.5 Å². The molecule has 0 unspecified atom stereocenters. The number of aryl methyl sites for hydroxylation is 1. The van der Waals surface area contributed by atoms with Crippen molar-refractivity contribution in [3.8, 4) is 28.4 Å². The van der Waals surface area contributed by atoms with Crippen LogP contribution in [-0.4, -0.2) is 18.8 Å². The van der Waals surface area contributed by atoms with Crippen molar-refractivity contribution in [3.63, 3.8) is 0 Å². The van der Waals surface area contributed by atoms with E-state index in [1.165, 1.54) is 12.1 Å². The summed E-state index contributed by atoms with van der Waals surface area (Å²) >= 11 is 0. The number of hydrogen-bond donors (Lipinski definition) is 1. The first-order valence-electron chi connectivity index (χ1n) is 13.7. The van der Waals surface area contributed by atoms with Gasteiger partial charge in [-0.25, -0.2) is 9.18 Å². The molecule has 4 aromatic rings. The number of anilines is 1. The Bertz CT molecular complexity index is 1650. The third-order valence-corrected chi connectivity index (χ3v) is 7.13. The van der Waals surface area contributed by atoms with Crippen molar-refractivity contribution in [1.29, 1.82) is 0 Å². The van der Waals surface area contributed by atoms with Crippen molar-refractivity contribution >= 4 is 17.4 Å². The van der Waals surface area contributed by atoms with Crippen LogP contribution in [0, 0.1) is 12.7 Å². The molecule has 0 fully saturated rings.